The molecule has 1 aromatic rings. The van der Waals surface area contributed by atoms with Crippen molar-refractivity contribution < 1.29 is 24.5 Å². The standard InChI is InChI=1S/C22H27NO5S2/c1-3-4-5-7-15(12-16-9-10-18(28-2)17(24)13-16)14-19-21(27)23(22(29)30-19)11-6-8-20(25)26/h9-10,12-14,24H,3-8,11H2,1-2H3,(H,25,26)/b15-12+,19-14-. The van der Waals surface area contributed by atoms with Crippen LogP contribution in [0, 0.1) is 0 Å². The van der Waals surface area contributed by atoms with Gasteiger partial charge in [-0.1, -0.05) is 55.9 Å². The van der Waals surface area contributed by atoms with Crippen LogP contribution in [0.5, 0.6) is 11.5 Å². The molecule has 1 aromatic carbocycles. The van der Waals surface area contributed by atoms with Gasteiger partial charge in [-0.05, 0) is 48.6 Å². The fourth-order valence-corrected chi connectivity index (χ4v) is 4.35. The molecule has 0 aliphatic carbocycles. The number of carboxylic acid groups (broad SMARTS) is 1. The number of hydrogen-bond donors (Lipinski definition) is 2. The minimum Gasteiger partial charge on any atom is -0.504 e. The van der Waals surface area contributed by atoms with E-state index in [0.717, 1.165) is 36.8 Å². The number of ether oxygens (including phenoxy) is 1. The van der Waals surface area contributed by atoms with Crippen LogP contribution in [0.2, 0.25) is 0 Å². The number of carboxylic acids is 1. The number of carbonyl (C=O) groups excluding carboxylic acids is 1. The molecule has 1 aliphatic rings. The van der Waals surface area contributed by atoms with Gasteiger partial charge in [-0.25, -0.2) is 0 Å². The molecule has 0 spiro atoms. The van der Waals surface area contributed by atoms with Crippen molar-refractivity contribution in [3.63, 3.8) is 0 Å². The fraction of sp³-hybridized carbons (Fsp3) is 0.409. The molecule has 0 atom stereocenters. The third-order valence-electron chi connectivity index (χ3n) is 4.59. The van der Waals surface area contributed by atoms with E-state index in [1.807, 2.05) is 18.2 Å². The molecule has 2 rings (SSSR count). The lowest BCUT2D eigenvalue weighted by Gasteiger charge is -2.13. The summed E-state index contributed by atoms with van der Waals surface area (Å²) in [6.07, 6.45) is 8.11. The zero-order valence-corrected chi connectivity index (χ0v) is 18.9. The van der Waals surface area contributed by atoms with Crippen LogP contribution in [-0.2, 0) is 9.59 Å². The predicted molar refractivity (Wildman–Crippen MR) is 124 cm³/mol. The number of thioether (sulfide) groups is 1. The van der Waals surface area contributed by atoms with Gasteiger partial charge in [0.25, 0.3) is 5.91 Å². The number of amides is 1. The Labute approximate surface area is 186 Å². The molecule has 1 aliphatic heterocycles. The van der Waals surface area contributed by atoms with Crippen LogP contribution in [-0.4, -0.2) is 45.0 Å². The molecule has 162 valence electrons. The Hall–Kier alpha value is -2.32. The lowest BCUT2D eigenvalue weighted by atomic mass is 10.0. The maximum absolute atomic E-state index is 12.8. The zero-order valence-electron chi connectivity index (χ0n) is 17.2. The average molecular weight is 450 g/mol. The minimum atomic E-state index is -0.889. The number of nitrogens with zero attached hydrogens (tertiary/aromatic N) is 1. The Balaban J connectivity index is 2.23. The number of phenolic OH excluding ortho intramolecular Hbond substituents is 1. The molecule has 0 aromatic heterocycles. The van der Waals surface area contributed by atoms with Crippen LogP contribution in [0.4, 0.5) is 0 Å². The summed E-state index contributed by atoms with van der Waals surface area (Å²) in [7, 11) is 1.50. The Morgan fingerprint density at radius 2 is 2.03 bits per heavy atom. The number of allylic oxidation sites excluding steroid dienone is 2. The minimum absolute atomic E-state index is 0.000753. The summed E-state index contributed by atoms with van der Waals surface area (Å²) < 4.78 is 5.54. The second kappa shape index (κ2) is 11.8. The van der Waals surface area contributed by atoms with E-state index in [0.29, 0.717) is 27.9 Å². The maximum Gasteiger partial charge on any atom is 0.303 e. The topological polar surface area (TPSA) is 87.1 Å². The van der Waals surface area contributed by atoms with Crippen LogP contribution in [0.15, 0.2) is 34.8 Å². The molecular formula is C22H27NO5S2. The van der Waals surface area contributed by atoms with Crippen molar-refractivity contribution in [2.45, 2.75) is 45.4 Å². The first-order chi connectivity index (χ1) is 14.3. The first-order valence-corrected chi connectivity index (χ1v) is 11.1. The molecule has 0 unspecified atom stereocenters. The Morgan fingerprint density at radius 1 is 1.27 bits per heavy atom. The summed E-state index contributed by atoms with van der Waals surface area (Å²) in [5.41, 5.74) is 1.78. The molecule has 1 fully saturated rings. The first kappa shape index (κ1) is 24.0. The SMILES string of the molecule is CCCCCC(/C=C1\SC(=S)N(CCCC(=O)O)C1=O)=C\c1ccc(OC)c(O)c1. The van der Waals surface area contributed by atoms with E-state index in [4.69, 9.17) is 22.1 Å². The van der Waals surface area contributed by atoms with Crippen LogP contribution in [0.3, 0.4) is 0 Å². The van der Waals surface area contributed by atoms with E-state index in [9.17, 15) is 14.7 Å². The highest BCUT2D eigenvalue weighted by atomic mass is 32.2. The van der Waals surface area contributed by atoms with Crippen molar-refractivity contribution in [3.05, 3.63) is 40.3 Å². The third-order valence-corrected chi connectivity index (χ3v) is 5.96. The van der Waals surface area contributed by atoms with E-state index in [-0.39, 0.29) is 18.1 Å². The van der Waals surface area contributed by atoms with Crippen molar-refractivity contribution in [1.29, 1.82) is 0 Å². The van der Waals surface area contributed by atoms with Crippen LogP contribution in [0.25, 0.3) is 6.08 Å². The number of unbranched alkanes of at least 4 members (excludes halogenated alkanes) is 2. The lowest BCUT2D eigenvalue weighted by Crippen LogP contribution is -2.29. The summed E-state index contributed by atoms with van der Waals surface area (Å²) in [6.45, 7) is 2.43. The van der Waals surface area contributed by atoms with Crippen LogP contribution < -0.4 is 4.74 Å². The number of benzene rings is 1. The summed E-state index contributed by atoms with van der Waals surface area (Å²) in [5, 5.41) is 18.8. The number of hydrogen-bond acceptors (Lipinski definition) is 6. The molecule has 0 radical (unpaired) electrons. The van der Waals surface area contributed by atoms with Crippen molar-refractivity contribution in [2.75, 3.05) is 13.7 Å². The molecule has 0 saturated carbocycles. The van der Waals surface area contributed by atoms with Gasteiger partial charge in [-0.2, -0.15) is 0 Å². The monoisotopic (exact) mass is 449 g/mol. The molecular weight excluding hydrogens is 422 g/mol. The largest absolute Gasteiger partial charge is 0.504 e. The number of aromatic hydroxyl groups is 1. The number of methoxy groups -OCH3 is 1. The Morgan fingerprint density at radius 3 is 2.67 bits per heavy atom. The molecule has 1 heterocycles. The van der Waals surface area contributed by atoms with E-state index < -0.39 is 5.97 Å². The van der Waals surface area contributed by atoms with Crippen molar-refractivity contribution >= 4 is 46.3 Å². The van der Waals surface area contributed by atoms with Gasteiger partial charge in [0.15, 0.2) is 11.5 Å². The molecule has 2 N–H and O–H groups in total. The van der Waals surface area contributed by atoms with Gasteiger partial charge in [-0.15, -0.1) is 0 Å². The molecule has 6 nitrogen and oxygen atoms in total. The number of rotatable bonds is 11. The van der Waals surface area contributed by atoms with E-state index in [2.05, 4.69) is 6.92 Å². The van der Waals surface area contributed by atoms with Gasteiger partial charge in [0, 0.05) is 13.0 Å². The van der Waals surface area contributed by atoms with Gasteiger partial charge in [-0.3, -0.25) is 14.5 Å². The normalized spacial score (nSPS) is 15.9. The molecule has 8 heteroatoms. The third kappa shape index (κ3) is 6.88. The maximum atomic E-state index is 12.8. The molecule has 30 heavy (non-hydrogen) atoms. The highest BCUT2D eigenvalue weighted by molar-refractivity contribution is 8.26. The second-order valence-electron chi connectivity index (χ2n) is 6.94. The highest BCUT2D eigenvalue weighted by Gasteiger charge is 2.31. The average Bonchev–Trinajstić information content (AvgIpc) is 2.95. The van der Waals surface area contributed by atoms with Crippen molar-refractivity contribution in [2.24, 2.45) is 0 Å². The smallest absolute Gasteiger partial charge is 0.303 e. The van der Waals surface area contributed by atoms with Gasteiger partial charge < -0.3 is 14.9 Å². The quantitative estimate of drug-likeness (QED) is 0.280. The van der Waals surface area contributed by atoms with Gasteiger partial charge in [0.2, 0.25) is 0 Å². The van der Waals surface area contributed by atoms with E-state index in [1.54, 1.807) is 12.1 Å². The summed E-state index contributed by atoms with van der Waals surface area (Å²) in [6, 6.07) is 5.18. The van der Waals surface area contributed by atoms with Crippen molar-refractivity contribution in [3.8, 4) is 11.5 Å². The molecule has 1 amide bonds. The number of aliphatic carboxylic acids is 1. The Kier molecular flexibility index (Phi) is 9.39. The number of carbonyl (C=O) groups is 2. The second-order valence-corrected chi connectivity index (χ2v) is 8.61. The molecule has 0 bridgehead atoms. The van der Waals surface area contributed by atoms with E-state index >= 15 is 0 Å². The fourth-order valence-electron chi connectivity index (χ4n) is 3.03. The van der Waals surface area contributed by atoms with Gasteiger partial charge in [0.05, 0.1) is 12.0 Å². The highest BCUT2D eigenvalue weighted by Crippen LogP contribution is 2.34. The number of phenols is 1. The Bertz CT molecular complexity index is 863. The van der Waals surface area contributed by atoms with Crippen LogP contribution in [0.1, 0.15) is 51.0 Å². The predicted octanol–water partition coefficient (Wildman–Crippen LogP) is 4.97. The van der Waals surface area contributed by atoms with Gasteiger partial charge >= 0.3 is 5.97 Å². The summed E-state index contributed by atoms with van der Waals surface area (Å²) in [5.74, 6) is -0.611. The summed E-state index contributed by atoms with van der Waals surface area (Å²) >= 11 is 6.56. The summed E-state index contributed by atoms with van der Waals surface area (Å²) in [4.78, 5) is 25.5. The van der Waals surface area contributed by atoms with Crippen LogP contribution >= 0.6 is 24.0 Å². The van der Waals surface area contributed by atoms with Crippen molar-refractivity contribution in [1.82, 2.24) is 4.90 Å². The number of thiocarbonyl (C=S) groups is 1. The van der Waals surface area contributed by atoms with Gasteiger partial charge in [0.1, 0.15) is 4.32 Å². The first-order valence-electron chi connectivity index (χ1n) is 9.90. The van der Waals surface area contributed by atoms with E-state index in [1.165, 1.54) is 23.8 Å². The lowest BCUT2D eigenvalue weighted by molar-refractivity contribution is -0.137. The molecule has 1 saturated heterocycles. The zero-order chi connectivity index (χ0) is 22.1.